The average molecular weight is 514 g/mol. The number of ether oxygens (including phenoxy) is 1. The van der Waals surface area contributed by atoms with Crippen molar-refractivity contribution in [3.63, 3.8) is 0 Å². The summed E-state index contributed by atoms with van der Waals surface area (Å²) in [4.78, 5) is 39.1. The molecular formula is C24H21F3N6O4. The molecule has 192 valence electrons. The molecule has 0 saturated carbocycles. The molecule has 1 unspecified atom stereocenters. The number of guanidine groups is 1. The molecule has 1 aliphatic rings. The topological polar surface area (TPSA) is 167 Å². The molecule has 37 heavy (non-hydrogen) atoms. The molecular weight excluding hydrogens is 493 g/mol. The van der Waals surface area contributed by atoms with Crippen LogP contribution in [-0.2, 0) is 26.9 Å². The number of hydrogen-bond acceptors (Lipinski definition) is 6. The van der Waals surface area contributed by atoms with Gasteiger partial charge in [0.2, 0.25) is 11.9 Å². The zero-order valence-corrected chi connectivity index (χ0v) is 19.6. The lowest BCUT2D eigenvalue weighted by molar-refractivity contribution is -0.138. The van der Waals surface area contributed by atoms with Crippen LogP contribution in [0.3, 0.4) is 0 Å². The number of nitriles is 1. The van der Waals surface area contributed by atoms with E-state index in [1.807, 2.05) is 6.07 Å². The molecule has 3 amide bonds. The van der Waals surface area contributed by atoms with Crippen molar-refractivity contribution in [2.24, 2.45) is 11.5 Å². The lowest BCUT2D eigenvalue weighted by Crippen LogP contribution is -2.55. The quantitative estimate of drug-likeness (QED) is 0.519. The van der Waals surface area contributed by atoms with Gasteiger partial charge in [0.25, 0.3) is 0 Å². The smallest absolute Gasteiger partial charge is 0.416 e. The zero-order valence-electron chi connectivity index (χ0n) is 19.6. The number of methoxy groups -OCH3 is 1. The van der Waals surface area contributed by atoms with Crippen molar-refractivity contribution in [3.8, 4) is 6.07 Å². The summed E-state index contributed by atoms with van der Waals surface area (Å²) < 4.78 is 45.1. The number of hydrogen-bond donors (Lipinski definition) is 3. The molecule has 0 aliphatic carbocycles. The van der Waals surface area contributed by atoms with Crippen LogP contribution in [0.15, 0.2) is 53.7 Å². The Morgan fingerprint density at radius 3 is 2.38 bits per heavy atom. The van der Waals surface area contributed by atoms with Gasteiger partial charge in [0, 0.05) is 11.4 Å². The third-order valence-corrected chi connectivity index (χ3v) is 5.70. The second-order valence-electron chi connectivity index (χ2n) is 7.98. The number of benzene rings is 2. The predicted octanol–water partition coefficient (Wildman–Crippen LogP) is 2.93. The average Bonchev–Trinajstić information content (AvgIpc) is 2.82. The normalized spacial score (nSPS) is 15.9. The van der Waals surface area contributed by atoms with Crippen LogP contribution >= 0.6 is 0 Å². The van der Waals surface area contributed by atoms with Gasteiger partial charge in [-0.15, -0.1) is 0 Å². The maximum atomic E-state index is 13.4. The van der Waals surface area contributed by atoms with Crippen LogP contribution in [0.5, 0.6) is 0 Å². The highest BCUT2D eigenvalue weighted by Crippen LogP contribution is 2.42. The lowest BCUT2D eigenvalue weighted by atomic mass is 9.88. The molecule has 0 aromatic heterocycles. The second-order valence-corrected chi connectivity index (χ2v) is 7.98. The van der Waals surface area contributed by atoms with E-state index in [2.05, 4.69) is 0 Å². The monoisotopic (exact) mass is 514 g/mol. The largest absolute Gasteiger partial charge is 0.466 e. The maximum Gasteiger partial charge on any atom is 0.416 e. The number of esters is 1. The molecule has 0 spiro atoms. The van der Waals surface area contributed by atoms with Gasteiger partial charge in [-0.3, -0.25) is 20.0 Å². The van der Waals surface area contributed by atoms with E-state index in [1.54, 1.807) is 0 Å². The molecule has 13 heteroatoms. The minimum Gasteiger partial charge on any atom is -0.466 e. The standard InChI is InChI=1S/C24H21F3N6O4/c1-12-19(21(35)37-2)20(17-7-6-13(11-28)8-14(17)9-18(29)34)33(23(31)36)22(30)32(12)16-5-3-4-15(10-16)24(25,26)27/h3-8,10,20,30H,9H2,1-2H3,(H2,29,34)(H2,31,36). The summed E-state index contributed by atoms with van der Waals surface area (Å²) in [6.07, 6.45) is -5.08. The predicted molar refractivity (Wildman–Crippen MR) is 125 cm³/mol. The number of nitrogens with two attached hydrogens (primary N) is 2. The summed E-state index contributed by atoms with van der Waals surface area (Å²) in [7, 11) is 1.06. The Hall–Kier alpha value is -4.86. The molecule has 10 nitrogen and oxygen atoms in total. The molecule has 2 aromatic carbocycles. The highest BCUT2D eigenvalue weighted by atomic mass is 19.4. The van der Waals surface area contributed by atoms with Crippen LogP contribution in [0.25, 0.3) is 0 Å². The van der Waals surface area contributed by atoms with Crippen molar-refractivity contribution in [1.82, 2.24) is 4.90 Å². The molecule has 0 bridgehead atoms. The first-order valence-corrected chi connectivity index (χ1v) is 10.6. The number of carbonyl (C=O) groups excluding carboxylic acids is 3. The Morgan fingerprint density at radius 1 is 1.16 bits per heavy atom. The summed E-state index contributed by atoms with van der Waals surface area (Å²) in [5.41, 5.74) is 10.00. The lowest BCUT2D eigenvalue weighted by Gasteiger charge is -2.43. The van der Waals surface area contributed by atoms with E-state index in [1.165, 1.54) is 31.2 Å². The van der Waals surface area contributed by atoms with Crippen molar-refractivity contribution in [3.05, 3.63) is 76.0 Å². The minimum atomic E-state index is -4.70. The van der Waals surface area contributed by atoms with Crippen LogP contribution in [0.2, 0.25) is 0 Å². The number of primary amides is 2. The summed E-state index contributed by atoms with van der Waals surface area (Å²) in [5, 5.41) is 18.0. The Balaban J connectivity index is 2.36. The van der Waals surface area contributed by atoms with Gasteiger partial charge >= 0.3 is 18.2 Å². The SMILES string of the molecule is COC(=O)C1=C(C)N(c2cccc(C(F)(F)F)c2)C(=N)N(C(N)=O)C1c1ccc(C#N)cc1CC(N)=O. The number of nitrogens with one attached hydrogen (secondary N) is 1. The molecule has 0 saturated heterocycles. The van der Waals surface area contributed by atoms with Crippen LogP contribution in [0, 0.1) is 16.7 Å². The Labute approximate surface area is 209 Å². The van der Waals surface area contributed by atoms with Crippen LogP contribution in [0.4, 0.5) is 23.7 Å². The molecule has 2 aromatic rings. The first-order valence-electron chi connectivity index (χ1n) is 10.6. The number of alkyl halides is 3. The summed E-state index contributed by atoms with van der Waals surface area (Å²) >= 11 is 0. The number of nitrogens with zero attached hydrogens (tertiary/aromatic N) is 3. The number of allylic oxidation sites excluding steroid dienone is 1. The molecule has 5 N–H and O–H groups in total. The van der Waals surface area contributed by atoms with E-state index in [4.69, 9.17) is 21.6 Å². The van der Waals surface area contributed by atoms with Crippen LogP contribution in [-0.4, -0.2) is 35.9 Å². The Morgan fingerprint density at radius 2 is 1.84 bits per heavy atom. The minimum absolute atomic E-state index is 0.0203. The highest BCUT2D eigenvalue weighted by Gasteiger charge is 2.44. The van der Waals surface area contributed by atoms with Gasteiger partial charge in [0.15, 0.2) is 0 Å². The van der Waals surface area contributed by atoms with Crippen LogP contribution < -0.4 is 16.4 Å². The molecule has 1 heterocycles. The van der Waals surface area contributed by atoms with Crippen molar-refractivity contribution in [2.45, 2.75) is 25.6 Å². The third-order valence-electron chi connectivity index (χ3n) is 5.70. The van der Waals surface area contributed by atoms with Crippen molar-refractivity contribution in [1.29, 1.82) is 10.7 Å². The molecule has 1 atom stereocenters. The highest BCUT2D eigenvalue weighted by molar-refractivity contribution is 6.10. The van der Waals surface area contributed by atoms with Gasteiger partial charge in [-0.1, -0.05) is 12.1 Å². The number of carbonyl (C=O) groups is 3. The fourth-order valence-electron chi connectivity index (χ4n) is 4.15. The third kappa shape index (κ3) is 5.08. The van der Waals surface area contributed by atoms with Gasteiger partial charge in [0.1, 0.15) is 6.04 Å². The summed E-state index contributed by atoms with van der Waals surface area (Å²) in [6.45, 7) is 1.36. The van der Waals surface area contributed by atoms with Gasteiger partial charge in [-0.25, -0.2) is 9.59 Å². The fraction of sp³-hybridized carbons (Fsp3) is 0.208. The zero-order chi connectivity index (χ0) is 27.7. The van der Waals surface area contributed by atoms with E-state index in [0.29, 0.717) is 4.90 Å². The van der Waals surface area contributed by atoms with Crippen molar-refractivity contribution < 1.29 is 32.3 Å². The molecule has 1 aliphatic heterocycles. The van der Waals surface area contributed by atoms with E-state index >= 15 is 0 Å². The van der Waals surface area contributed by atoms with Crippen molar-refractivity contribution in [2.75, 3.05) is 12.0 Å². The molecule has 0 fully saturated rings. The van der Waals surface area contributed by atoms with Gasteiger partial charge < -0.3 is 16.2 Å². The van der Waals surface area contributed by atoms with Gasteiger partial charge in [0.05, 0.1) is 36.3 Å². The van der Waals surface area contributed by atoms with Crippen LogP contribution in [0.1, 0.15) is 35.2 Å². The second kappa shape index (κ2) is 10.0. The number of rotatable bonds is 5. The Kier molecular flexibility index (Phi) is 7.24. The van der Waals surface area contributed by atoms with Gasteiger partial charge in [-0.05, 0) is 48.4 Å². The fourth-order valence-corrected chi connectivity index (χ4v) is 4.15. The number of halogens is 3. The Bertz CT molecular complexity index is 1380. The molecule has 0 radical (unpaired) electrons. The summed E-state index contributed by atoms with van der Waals surface area (Å²) in [5.74, 6) is -2.40. The van der Waals surface area contributed by atoms with Crippen molar-refractivity contribution >= 4 is 29.6 Å². The number of amides is 3. The summed E-state index contributed by atoms with van der Waals surface area (Å²) in [6, 6.07) is 7.33. The van der Waals surface area contributed by atoms with E-state index in [9.17, 15) is 32.8 Å². The first-order chi connectivity index (χ1) is 17.3. The van der Waals surface area contributed by atoms with E-state index in [-0.39, 0.29) is 40.1 Å². The van der Waals surface area contributed by atoms with E-state index < -0.39 is 41.6 Å². The molecule has 3 rings (SSSR count). The van der Waals surface area contributed by atoms with Gasteiger partial charge in [-0.2, -0.15) is 18.4 Å². The van der Waals surface area contributed by atoms with E-state index in [0.717, 1.165) is 30.2 Å². The first kappa shape index (κ1) is 26.7. The number of urea groups is 1. The maximum absolute atomic E-state index is 13.4. The number of anilines is 1.